The van der Waals surface area contributed by atoms with E-state index in [2.05, 4.69) is 10.4 Å². The summed E-state index contributed by atoms with van der Waals surface area (Å²) in [6, 6.07) is 16.4. The summed E-state index contributed by atoms with van der Waals surface area (Å²) in [6.45, 7) is 2.80. The first-order valence-corrected chi connectivity index (χ1v) is 9.75. The topological polar surface area (TPSA) is 100 Å². The van der Waals surface area contributed by atoms with Crippen LogP contribution in [0.4, 0.5) is 16.2 Å². The van der Waals surface area contributed by atoms with Crippen molar-refractivity contribution in [2.75, 3.05) is 23.4 Å². The molecule has 0 atom stereocenters. The third kappa shape index (κ3) is 4.23. The minimum absolute atomic E-state index is 0.196. The number of rotatable bonds is 6. The Bertz CT molecular complexity index is 1220. The van der Waals surface area contributed by atoms with Crippen molar-refractivity contribution < 1.29 is 9.53 Å². The van der Waals surface area contributed by atoms with Gasteiger partial charge in [0.05, 0.1) is 17.9 Å². The van der Waals surface area contributed by atoms with Crippen molar-refractivity contribution in [3.05, 3.63) is 88.4 Å². The second kappa shape index (κ2) is 8.66. The summed E-state index contributed by atoms with van der Waals surface area (Å²) in [5.41, 5.74) is 3.54. The fraction of sp³-hybridized carbons (Fsp3) is 0.130. The van der Waals surface area contributed by atoms with E-state index >= 15 is 0 Å². The number of hydrogen-bond acceptors (Lipinski definition) is 6. The molecule has 0 aliphatic carbocycles. The lowest BCUT2D eigenvalue weighted by Gasteiger charge is -2.17. The summed E-state index contributed by atoms with van der Waals surface area (Å²) < 4.78 is 6.62. The van der Waals surface area contributed by atoms with Crippen molar-refractivity contribution >= 4 is 29.4 Å². The van der Waals surface area contributed by atoms with Crippen LogP contribution in [0.2, 0.25) is 0 Å². The van der Waals surface area contributed by atoms with Crippen LogP contribution in [0, 0.1) is 12.3 Å². The quantitative estimate of drug-likeness (QED) is 0.599. The third-order valence-electron chi connectivity index (χ3n) is 4.87. The van der Waals surface area contributed by atoms with E-state index in [0.717, 1.165) is 28.8 Å². The molecule has 2 heterocycles. The molecule has 1 aromatic heterocycles. The van der Waals surface area contributed by atoms with E-state index in [0.29, 0.717) is 18.8 Å². The van der Waals surface area contributed by atoms with E-state index < -0.39 is 0 Å². The number of hydrogen-bond donors (Lipinski definition) is 2. The maximum atomic E-state index is 12.6. The van der Waals surface area contributed by atoms with Gasteiger partial charge in [-0.2, -0.15) is 5.10 Å². The highest BCUT2D eigenvalue weighted by atomic mass is 16.6. The first-order chi connectivity index (χ1) is 15.1. The fourth-order valence-corrected chi connectivity index (χ4v) is 3.36. The molecule has 1 fully saturated rings. The number of ether oxygens (including phenoxy) is 1. The molecule has 0 bridgehead atoms. The Morgan fingerprint density at radius 1 is 1.16 bits per heavy atom. The van der Waals surface area contributed by atoms with Crippen molar-refractivity contribution in [3.63, 3.8) is 0 Å². The van der Waals surface area contributed by atoms with Crippen molar-refractivity contribution in [2.45, 2.75) is 6.92 Å². The molecule has 2 N–H and O–H groups in total. The van der Waals surface area contributed by atoms with Gasteiger partial charge >= 0.3 is 6.09 Å². The maximum absolute atomic E-state index is 12.6. The van der Waals surface area contributed by atoms with Gasteiger partial charge in [-0.25, -0.2) is 9.48 Å². The number of nitrogens with zero attached hydrogens (tertiary/aromatic N) is 3. The van der Waals surface area contributed by atoms with E-state index in [1.54, 1.807) is 15.8 Å². The number of nitrogens with one attached hydrogen (secondary N) is 2. The number of amides is 1. The number of para-hydroxylation sites is 1. The van der Waals surface area contributed by atoms with E-state index in [1.807, 2.05) is 55.5 Å². The summed E-state index contributed by atoms with van der Waals surface area (Å²) in [7, 11) is 0. The molecule has 0 unspecified atom stereocenters. The third-order valence-corrected chi connectivity index (χ3v) is 4.87. The molecule has 0 spiro atoms. The number of carbonyl (C=O) groups is 1. The lowest BCUT2D eigenvalue weighted by Crippen LogP contribution is -2.23. The molecule has 8 nitrogen and oxygen atoms in total. The van der Waals surface area contributed by atoms with Crippen LogP contribution in [0.3, 0.4) is 0 Å². The van der Waals surface area contributed by atoms with Gasteiger partial charge in [-0.1, -0.05) is 18.2 Å². The van der Waals surface area contributed by atoms with Crippen molar-refractivity contribution in [1.82, 2.24) is 9.78 Å². The SMILES string of the molecule is Cc1cc(N2CCOC2=O)ccc1-n1ccc(=O)c(/C(=C/C=N)Nc2ccccc2)n1. The zero-order chi connectivity index (χ0) is 21.8. The van der Waals surface area contributed by atoms with Gasteiger partial charge in [-0.15, -0.1) is 0 Å². The molecule has 0 saturated carbocycles. The largest absolute Gasteiger partial charge is 0.447 e. The van der Waals surface area contributed by atoms with Crippen LogP contribution < -0.4 is 15.6 Å². The standard InChI is InChI=1S/C23H21N5O3/c1-16-15-18(27-13-14-31-23(27)30)7-8-20(16)28-12-10-21(29)22(26-28)19(9-11-24)25-17-5-3-2-4-6-17/h2-12,15,24-25H,13-14H2,1H3/b19-9-,24-11?. The molecular weight excluding hydrogens is 394 g/mol. The molecule has 1 amide bonds. The average molecular weight is 415 g/mol. The van der Waals surface area contributed by atoms with Crippen LogP contribution in [0.15, 0.2) is 71.7 Å². The maximum Gasteiger partial charge on any atom is 0.414 e. The number of cyclic esters (lactones) is 1. The van der Waals surface area contributed by atoms with Gasteiger partial charge in [0.2, 0.25) is 5.43 Å². The summed E-state index contributed by atoms with van der Waals surface area (Å²) in [6.07, 6.45) is 3.85. The number of allylic oxidation sites excluding steroid dienone is 1. The molecule has 2 aromatic carbocycles. The Morgan fingerprint density at radius 3 is 2.65 bits per heavy atom. The van der Waals surface area contributed by atoms with Crippen LogP contribution in [0.25, 0.3) is 11.4 Å². The molecule has 1 aliphatic heterocycles. The van der Waals surface area contributed by atoms with Gasteiger partial charge in [0, 0.05) is 29.9 Å². The van der Waals surface area contributed by atoms with Gasteiger partial charge in [0.15, 0.2) is 5.69 Å². The van der Waals surface area contributed by atoms with Crippen LogP contribution in [0.1, 0.15) is 11.3 Å². The summed E-state index contributed by atoms with van der Waals surface area (Å²) >= 11 is 0. The number of carbonyl (C=O) groups excluding carboxylic acids is 1. The average Bonchev–Trinajstić information content (AvgIpc) is 3.20. The molecular formula is C23H21N5O3. The summed E-state index contributed by atoms with van der Waals surface area (Å²) in [5.74, 6) is 0. The lowest BCUT2D eigenvalue weighted by atomic mass is 10.1. The van der Waals surface area contributed by atoms with Crippen molar-refractivity contribution in [1.29, 1.82) is 5.41 Å². The highest BCUT2D eigenvalue weighted by Gasteiger charge is 2.24. The highest BCUT2D eigenvalue weighted by Crippen LogP contribution is 2.24. The minimum atomic E-state index is -0.357. The van der Waals surface area contributed by atoms with E-state index in [1.165, 1.54) is 12.1 Å². The first kappa shape index (κ1) is 20.1. The Morgan fingerprint density at radius 2 is 1.97 bits per heavy atom. The van der Waals surface area contributed by atoms with Gasteiger partial charge in [0.1, 0.15) is 6.61 Å². The predicted molar refractivity (Wildman–Crippen MR) is 120 cm³/mol. The summed E-state index contributed by atoms with van der Waals surface area (Å²) in [4.78, 5) is 26.0. The van der Waals surface area contributed by atoms with E-state index in [9.17, 15) is 9.59 Å². The van der Waals surface area contributed by atoms with Crippen LogP contribution >= 0.6 is 0 Å². The van der Waals surface area contributed by atoms with Crippen LogP contribution in [-0.4, -0.2) is 35.2 Å². The first-order valence-electron chi connectivity index (χ1n) is 9.75. The Balaban J connectivity index is 1.70. The van der Waals surface area contributed by atoms with E-state index in [4.69, 9.17) is 10.1 Å². The van der Waals surface area contributed by atoms with Gasteiger partial charge in [0.25, 0.3) is 0 Å². The normalized spacial score (nSPS) is 13.8. The molecule has 156 valence electrons. The minimum Gasteiger partial charge on any atom is -0.447 e. The molecule has 0 radical (unpaired) electrons. The van der Waals surface area contributed by atoms with Crippen LogP contribution in [0.5, 0.6) is 0 Å². The highest BCUT2D eigenvalue weighted by molar-refractivity contribution is 5.89. The smallest absolute Gasteiger partial charge is 0.414 e. The van der Waals surface area contributed by atoms with Crippen molar-refractivity contribution in [2.24, 2.45) is 0 Å². The zero-order valence-electron chi connectivity index (χ0n) is 16.9. The van der Waals surface area contributed by atoms with Gasteiger partial charge in [-0.05, 0) is 48.9 Å². The molecule has 4 rings (SSSR count). The second-order valence-corrected chi connectivity index (χ2v) is 6.95. The number of aromatic nitrogens is 2. The second-order valence-electron chi connectivity index (χ2n) is 6.95. The predicted octanol–water partition coefficient (Wildman–Crippen LogP) is 3.60. The Labute approximate surface area is 178 Å². The molecule has 1 saturated heterocycles. The van der Waals surface area contributed by atoms with Gasteiger partial charge in [-0.3, -0.25) is 9.69 Å². The van der Waals surface area contributed by atoms with Crippen LogP contribution in [-0.2, 0) is 4.74 Å². The van der Waals surface area contributed by atoms with Crippen molar-refractivity contribution in [3.8, 4) is 5.69 Å². The lowest BCUT2D eigenvalue weighted by molar-refractivity contribution is 0.181. The number of aryl methyl sites for hydroxylation is 1. The Kier molecular flexibility index (Phi) is 5.61. The molecule has 8 heteroatoms. The van der Waals surface area contributed by atoms with E-state index in [-0.39, 0.29) is 17.2 Å². The fourth-order valence-electron chi connectivity index (χ4n) is 3.36. The molecule has 1 aliphatic rings. The molecule has 31 heavy (non-hydrogen) atoms. The monoisotopic (exact) mass is 415 g/mol. The number of benzene rings is 2. The Hall–Kier alpha value is -4.20. The molecule has 3 aromatic rings. The zero-order valence-corrected chi connectivity index (χ0v) is 16.9. The van der Waals surface area contributed by atoms with Gasteiger partial charge < -0.3 is 15.5 Å². The summed E-state index contributed by atoms with van der Waals surface area (Å²) in [5, 5.41) is 15.2. The number of anilines is 2.